The molecule has 0 amide bonds. The smallest absolute Gasteiger partial charge is 0.133 e. The average Bonchev–Trinajstić information content (AvgIpc) is 2.21. The van der Waals surface area contributed by atoms with Gasteiger partial charge in [-0.3, -0.25) is 4.98 Å². The fourth-order valence-electron chi connectivity index (χ4n) is 1.19. The van der Waals surface area contributed by atoms with Crippen molar-refractivity contribution in [1.82, 2.24) is 4.98 Å². The van der Waals surface area contributed by atoms with E-state index in [2.05, 4.69) is 17.6 Å². The van der Waals surface area contributed by atoms with E-state index in [0.717, 1.165) is 16.2 Å². The summed E-state index contributed by atoms with van der Waals surface area (Å²) in [6.07, 6.45) is 1.43. The third kappa shape index (κ3) is 1.88. The van der Waals surface area contributed by atoms with Gasteiger partial charge in [-0.25, -0.2) is 0 Å². The van der Waals surface area contributed by atoms with Gasteiger partial charge < -0.3 is 5.11 Å². The summed E-state index contributed by atoms with van der Waals surface area (Å²) >= 11 is 4.20. The Bertz CT molecular complexity index is 379. The van der Waals surface area contributed by atoms with Crippen LogP contribution in [0.2, 0.25) is 0 Å². The SMILES string of the molecule is Oc1ccc(-c2ccc(S)cc2)nc1. The molecule has 0 spiro atoms. The predicted molar refractivity (Wildman–Crippen MR) is 58.6 cm³/mol. The van der Waals surface area contributed by atoms with Crippen molar-refractivity contribution in [1.29, 1.82) is 0 Å². The Balaban J connectivity index is 2.40. The van der Waals surface area contributed by atoms with E-state index in [0.29, 0.717) is 0 Å². The first-order chi connectivity index (χ1) is 6.75. The number of rotatable bonds is 1. The van der Waals surface area contributed by atoms with Crippen LogP contribution in [0.5, 0.6) is 5.75 Å². The van der Waals surface area contributed by atoms with E-state index >= 15 is 0 Å². The van der Waals surface area contributed by atoms with E-state index in [9.17, 15) is 0 Å². The summed E-state index contributed by atoms with van der Waals surface area (Å²) in [6, 6.07) is 11.1. The van der Waals surface area contributed by atoms with Crippen molar-refractivity contribution in [2.75, 3.05) is 0 Å². The number of aromatic hydroxyl groups is 1. The lowest BCUT2D eigenvalue weighted by Gasteiger charge is -2.00. The summed E-state index contributed by atoms with van der Waals surface area (Å²) in [5.41, 5.74) is 1.86. The Morgan fingerprint density at radius 2 is 1.71 bits per heavy atom. The van der Waals surface area contributed by atoms with E-state index in [-0.39, 0.29) is 5.75 Å². The topological polar surface area (TPSA) is 33.1 Å². The van der Waals surface area contributed by atoms with Crippen LogP contribution < -0.4 is 0 Å². The fourth-order valence-corrected chi connectivity index (χ4v) is 1.34. The van der Waals surface area contributed by atoms with Crippen molar-refractivity contribution >= 4 is 12.6 Å². The molecule has 2 rings (SSSR count). The molecule has 0 atom stereocenters. The van der Waals surface area contributed by atoms with Gasteiger partial charge in [0.1, 0.15) is 5.75 Å². The van der Waals surface area contributed by atoms with Crippen LogP contribution in [-0.2, 0) is 0 Å². The van der Waals surface area contributed by atoms with Gasteiger partial charge in [-0.2, -0.15) is 0 Å². The van der Waals surface area contributed by atoms with E-state index in [1.165, 1.54) is 6.20 Å². The van der Waals surface area contributed by atoms with Crippen molar-refractivity contribution in [3.63, 3.8) is 0 Å². The summed E-state index contributed by atoms with van der Waals surface area (Å²) in [7, 11) is 0. The minimum atomic E-state index is 0.180. The highest BCUT2D eigenvalue weighted by molar-refractivity contribution is 7.80. The number of pyridine rings is 1. The Morgan fingerprint density at radius 1 is 1.00 bits per heavy atom. The van der Waals surface area contributed by atoms with E-state index in [1.807, 2.05) is 24.3 Å². The maximum Gasteiger partial charge on any atom is 0.133 e. The standard InChI is InChI=1S/C11H9NOS/c13-9-3-6-11(12-7-9)8-1-4-10(14)5-2-8/h1-7,13-14H. The number of nitrogens with zero attached hydrogens (tertiary/aromatic N) is 1. The van der Waals surface area contributed by atoms with Gasteiger partial charge in [-0.15, -0.1) is 12.6 Å². The number of hydrogen-bond donors (Lipinski definition) is 2. The monoisotopic (exact) mass is 203 g/mol. The Labute approximate surface area is 87.7 Å². The van der Waals surface area contributed by atoms with Gasteiger partial charge in [0, 0.05) is 10.5 Å². The maximum atomic E-state index is 9.07. The molecule has 14 heavy (non-hydrogen) atoms. The molecule has 2 nitrogen and oxygen atoms in total. The molecule has 0 saturated carbocycles. The molecule has 0 bridgehead atoms. The minimum Gasteiger partial charge on any atom is -0.506 e. The second-order valence-electron chi connectivity index (χ2n) is 2.95. The van der Waals surface area contributed by atoms with Crippen LogP contribution in [0.25, 0.3) is 11.3 Å². The van der Waals surface area contributed by atoms with Crippen LogP contribution in [-0.4, -0.2) is 10.1 Å². The summed E-state index contributed by atoms with van der Waals surface area (Å²) in [5.74, 6) is 0.180. The van der Waals surface area contributed by atoms with Crippen molar-refractivity contribution < 1.29 is 5.11 Å². The fraction of sp³-hybridized carbons (Fsp3) is 0. The molecule has 1 N–H and O–H groups in total. The number of thiol groups is 1. The van der Waals surface area contributed by atoms with Crippen molar-refractivity contribution in [2.24, 2.45) is 0 Å². The van der Waals surface area contributed by atoms with Crippen LogP contribution in [0.4, 0.5) is 0 Å². The highest BCUT2D eigenvalue weighted by atomic mass is 32.1. The Hall–Kier alpha value is -1.48. The highest BCUT2D eigenvalue weighted by Gasteiger charge is 1.98. The molecule has 0 radical (unpaired) electrons. The van der Waals surface area contributed by atoms with Crippen LogP contribution in [0.3, 0.4) is 0 Å². The van der Waals surface area contributed by atoms with E-state index < -0.39 is 0 Å². The number of benzene rings is 1. The zero-order chi connectivity index (χ0) is 9.97. The van der Waals surface area contributed by atoms with Crippen LogP contribution >= 0.6 is 12.6 Å². The normalized spacial score (nSPS) is 10.1. The van der Waals surface area contributed by atoms with Gasteiger partial charge in [-0.05, 0) is 24.3 Å². The number of aromatic nitrogens is 1. The molecule has 1 heterocycles. The average molecular weight is 203 g/mol. The van der Waals surface area contributed by atoms with Gasteiger partial charge >= 0.3 is 0 Å². The van der Waals surface area contributed by atoms with Crippen LogP contribution in [0, 0.1) is 0 Å². The maximum absolute atomic E-state index is 9.07. The lowest BCUT2D eigenvalue weighted by atomic mass is 10.1. The van der Waals surface area contributed by atoms with E-state index in [4.69, 9.17) is 5.11 Å². The molecule has 0 aliphatic rings. The van der Waals surface area contributed by atoms with Gasteiger partial charge in [0.15, 0.2) is 0 Å². The van der Waals surface area contributed by atoms with Crippen molar-refractivity contribution in [3.05, 3.63) is 42.6 Å². The van der Waals surface area contributed by atoms with Crippen molar-refractivity contribution in [3.8, 4) is 17.0 Å². The minimum absolute atomic E-state index is 0.180. The quantitative estimate of drug-likeness (QED) is 0.699. The highest BCUT2D eigenvalue weighted by Crippen LogP contribution is 2.20. The summed E-state index contributed by atoms with van der Waals surface area (Å²) in [5, 5.41) is 9.07. The van der Waals surface area contributed by atoms with Gasteiger partial charge in [-0.1, -0.05) is 12.1 Å². The van der Waals surface area contributed by atoms with Gasteiger partial charge in [0.25, 0.3) is 0 Å². The van der Waals surface area contributed by atoms with E-state index in [1.54, 1.807) is 12.1 Å². The zero-order valence-electron chi connectivity index (χ0n) is 7.38. The summed E-state index contributed by atoms with van der Waals surface area (Å²) in [4.78, 5) is 5.03. The molecule has 1 aromatic heterocycles. The number of hydrogen-bond acceptors (Lipinski definition) is 3. The molecular formula is C11H9NOS. The molecule has 0 saturated heterocycles. The third-order valence-electron chi connectivity index (χ3n) is 1.91. The predicted octanol–water partition coefficient (Wildman–Crippen LogP) is 2.74. The second-order valence-corrected chi connectivity index (χ2v) is 3.46. The Kier molecular flexibility index (Phi) is 2.41. The Morgan fingerprint density at radius 3 is 2.29 bits per heavy atom. The summed E-state index contributed by atoms with van der Waals surface area (Å²) < 4.78 is 0. The molecule has 2 aromatic rings. The molecule has 0 aliphatic carbocycles. The van der Waals surface area contributed by atoms with Crippen LogP contribution in [0.1, 0.15) is 0 Å². The first kappa shape index (κ1) is 9.09. The molecule has 0 aliphatic heterocycles. The van der Waals surface area contributed by atoms with Crippen LogP contribution in [0.15, 0.2) is 47.5 Å². The zero-order valence-corrected chi connectivity index (χ0v) is 8.28. The van der Waals surface area contributed by atoms with Gasteiger partial charge in [0.2, 0.25) is 0 Å². The molecule has 0 unspecified atom stereocenters. The van der Waals surface area contributed by atoms with Gasteiger partial charge in [0.05, 0.1) is 11.9 Å². The first-order valence-electron chi connectivity index (χ1n) is 4.20. The second kappa shape index (κ2) is 3.72. The summed E-state index contributed by atoms with van der Waals surface area (Å²) in [6.45, 7) is 0. The molecule has 1 aromatic carbocycles. The largest absolute Gasteiger partial charge is 0.506 e. The lowest BCUT2D eigenvalue weighted by Crippen LogP contribution is -1.81. The molecular weight excluding hydrogens is 194 g/mol. The lowest BCUT2D eigenvalue weighted by molar-refractivity contribution is 0.473. The third-order valence-corrected chi connectivity index (χ3v) is 2.21. The molecule has 0 fully saturated rings. The molecule has 70 valence electrons. The first-order valence-corrected chi connectivity index (χ1v) is 4.65. The molecule has 3 heteroatoms. The van der Waals surface area contributed by atoms with Crippen molar-refractivity contribution in [2.45, 2.75) is 4.90 Å².